The normalized spacial score (nSPS) is 10.4. The lowest BCUT2D eigenvalue weighted by Crippen LogP contribution is -2.21. The van der Waals surface area contributed by atoms with Gasteiger partial charge in [0.05, 0.1) is 0 Å². The van der Waals surface area contributed by atoms with Crippen molar-refractivity contribution in [2.45, 2.75) is 20.8 Å². The van der Waals surface area contributed by atoms with E-state index < -0.39 is 0 Å². The SMILES string of the molecule is CCN(CC)c1ccc(Nc2ncc(C)[nH]2)cc1. The van der Waals surface area contributed by atoms with Gasteiger partial charge >= 0.3 is 0 Å². The fraction of sp³-hybridized carbons (Fsp3) is 0.357. The Morgan fingerprint density at radius 1 is 1.17 bits per heavy atom. The quantitative estimate of drug-likeness (QED) is 0.848. The van der Waals surface area contributed by atoms with Gasteiger partial charge in [-0.05, 0) is 45.0 Å². The van der Waals surface area contributed by atoms with Crippen molar-refractivity contribution in [2.75, 3.05) is 23.3 Å². The van der Waals surface area contributed by atoms with Gasteiger partial charge in [-0.3, -0.25) is 0 Å². The molecule has 0 atom stereocenters. The second kappa shape index (κ2) is 5.58. The summed E-state index contributed by atoms with van der Waals surface area (Å²) in [6.45, 7) is 8.38. The molecule has 96 valence electrons. The molecule has 18 heavy (non-hydrogen) atoms. The van der Waals surface area contributed by atoms with E-state index in [2.05, 4.69) is 58.3 Å². The van der Waals surface area contributed by atoms with Crippen LogP contribution in [0.5, 0.6) is 0 Å². The molecule has 2 N–H and O–H groups in total. The molecular formula is C14H20N4. The highest BCUT2D eigenvalue weighted by Gasteiger charge is 2.02. The first kappa shape index (κ1) is 12.5. The van der Waals surface area contributed by atoms with Gasteiger partial charge < -0.3 is 15.2 Å². The van der Waals surface area contributed by atoms with E-state index in [1.165, 1.54) is 5.69 Å². The first-order valence-corrected chi connectivity index (χ1v) is 6.36. The van der Waals surface area contributed by atoms with Crippen LogP contribution < -0.4 is 10.2 Å². The number of H-pyrrole nitrogens is 1. The topological polar surface area (TPSA) is 44.0 Å². The highest BCUT2D eigenvalue weighted by atomic mass is 15.1. The lowest BCUT2D eigenvalue weighted by molar-refractivity contribution is 0.866. The van der Waals surface area contributed by atoms with Gasteiger partial charge in [-0.15, -0.1) is 0 Å². The molecule has 4 heteroatoms. The lowest BCUT2D eigenvalue weighted by Gasteiger charge is -2.21. The van der Waals surface area contributed by atoms with Crippen molar-refractivity contribution >= 4 is 17.3 Å². The Labute approximate surface area is 108 Å². The molecule has 1 aromatic heterocycles. The number of imidazole rings is 1. The molecule has 0 fully saturated rings. The van der Waals surface area contributed by atoms with Crippen molar-refractivity contribution < 1.29 is 0 Å². The van der Waals surface area contributed by atoms with Crippen LogP contribution in [0.15, 0.2) is 30.5 Å². The first-order chi connectivity index (χ1) is 8.72. The van der Waals surface area contributed by atoms with E-state index in [-0.39, 0.29) is 0 Å². The number of nitrogens with one attached hydrogen (secondary N) is 2. The monoisotopic (exact) mass is 244 g/mol. The lowest BCUT2D eigenvalue weighted by atomic mass is 10.2. The molecule has 0 bridgehead atoms. The molecule has 0 radical (unpaired) electrons. The van der Waals surface area contributed by atoms with Gasteiger partial charge in [0.1, 0.15) is 0 Å². The maximum atomic E-state index is 4.22. The standard InChI is InChI=1S/C14H20N4/c1-4-18(5-2)13-8-6-12(7-9-13)17-14-15-10-11(3)16-14/h6-10H,4-5H2,1-3H3,(H2,15,16,17). The summed E-state index contributed by atoms with van der Waals surface area (Å²) < 4.78 is 0. The summed E-state index contributed by atoms with van der Waals surface area (Å²) in [5, 5.41) is 3.24. The van der Waals surface area contributed by atoms with Crippen LogP contribution in [-0.4, -0.2) is 23.1 Å². The van der Waals surface area contributed by atoms with Gasteiger partial charge in [-0.25, -0.2) is 4.98 Å². The Morgan fingerprint density at radius 3 is 2.33 bits per heavy atom. The molecular weight excluding hydrogens is 224 g/mol. The van der Waals surface area contributed by atoms with Crippen LogP contribution in [0.1, 0.15) is 19.5 Å². The van der Waals surface area contributed by atoms with Gasteiger partial charge in [0.15, 0.2) is 0 Å². The minimum atomic E-state index is 0.781. The van der Waals surface area contributed by atoms with Crippen LogP contribution in [0.4, 0.5) is 17.3 Å². The first-order valence-electron chi connectivity index (χ1n) is 6.36. The van der Waals surface area contributed by atoms with E-state index in [0.717, 1.165) is 30.4 Å². The third-order valence-electron chi connectivity index (χ3n) is 2.96. The number of aryl methyl sites for hydroxylation is 1. The molecule has 0 unspecified atom stereocenters. The summed E-state index contributed by atoms with van der Waals surface area (Å²) in [7, 11) is 0. The molecule has 0 spiro atoms. The smallest absolute Gasteiger partial charge is 0.204 e. The number of benzene rings is 1. The summed E-state index contributed by atoms with van der Waals surface area (Å²) in [5.74, 6) is 0.781. The van der Waals surface area contributed by atoms with Crippen molar-refractivity contribution in [1.29, 1.82) is 0 Å². The van der Waals surface area contributed by atoms with Gasteiger partial charge in [0, 0.05) is 36.4 Å². The summed E-state index contributed by atoms with van der Waals surface area (Å²) in [4.78, 5) is 9.70. The minimum absolute atomic E-state index is 0.781. The fourth-order valence-corrected chi connectivity index (χ4v) is 1.96. The predicted molar refractivity (Wildman–Crippen MR) is 76.6 cm³/mol. The molecule has 2 rings (SSSR count). The Bertz CT molecular complexity index is 483. The van der Waals surface area contributed by atoms with E-state index in [0.29, 0.717) is 0 Å². The van der Waals surface area contributed by atoms with E-state index in [4.69, 9.17) is 0 Å². The van der Waals surface area contributed by atoms with Crippen LogP contribution in [-0.2, 0) is 0 Å². The number of rotatable bonds is 5. The van der Waals surface area contributed by atoms with Crippen LogP contribution >= 0.6 is 0 Å². The second-order valence-corrected chi connectivity index (χ2v) is 4.26. The molecule has 0 aliphatic rings. The van der Waals surface area contributed by atoms with Gasteiger partial charge in [-0.1, -0.05) is 0 Å². The van der Waals surface area contributed by atoms with E-state index in [9.17, 15) is 0 Å². The van der Waals surface area contributed by atoms with Crippen molar-refractivity contribution in [3.63, 3.8) is 0 Å². The van der Waals surface area contributed by atoms with Crippen molar-refractivity contribution in [3.05, 3.63) is 36.2 Å². The molecule has 2 aromatic rings. The zero-order valence-electron chi connectivity index (χ0n) is 11.2. The summed E-state index contributed by atoms with van der Waals surface area (Å²) in [5.41, 5.74) is 3.35. The average molecular weight is 244 g/mol. The number of hydrogen-bond acceptors (Lipinski definition) is 3. The van der Waals surface area contributed by atoms with Crippen LogP contribution in [0, 0.1) is 6.92 Å². The maximum Gasteiger partial charge on any atom is 0.204 e. The Balaban J connectivity index is 2.07. The number of aromatic nitrogens is 2. The summed E-state index contributed by atoms with van der Waals surface area (Å²) >= 11 is 0. The van der Waals surface area contributed by atoms with Crippen molar-refractivity contribution in [1.82, 2.24) is 9.97 Å². The molecule has 0 aliphatic heterocycles. The highest BCUT2D eigenvalue weighted by Crippen LogP contribution is 2.19. The maximum absolute atomic E-state index is 4.22. The van der Waals surface area contributed by atoms with E-state index >= 15 is 0 Å². The van der Waals surface area contributed by atoms with Crippen LogP contribution in [0.2, 0.25) is 0 Å². The highest BCUT2D eigenvalue weighted by molar-refractivity contribution is 5.59. The second-order valence-electron chi connectivity index (χ2n) is 4.26. The van der Waals surface area contributed by atoms with E-state index in [1.807, 2.05) is 13.1 Å². The summed E-state index contributed by atoms with van der Waals surface area (Å²) in [6, 6.07) is 8.41. The molecule has 0 saturated carbocycles. The molecule has 0 aliphatic carbocycles. The fourth-order valence-electron chi connectivity index (χ4n) is 1.96. The third-order valence-corrected chi connectivity index (χ3v) is 2.96. The zero-order valence-corrected chi connectivity index (χ0v) is 11.2. The Morgan fingerprint density at radius 2 is 1.83 bits per heavy atom. The third kappa shape index (κ3) is 2.83. The number of nitrogens with zero attached hydrogens (tertiary/aromatic N) is 2. The summed E-state index contributed by atoms with van der Waals surface area (Å²) in [6.07, 6.45) is 1.81. The molecule has 4 nitrogen and oxygen atoms in total. The molecule has 0 saturated heterocycles. The molecule has 1 aromatic carbocycles. The Kier molecular flexibility index (Phi) is 3.87. The van der Waals surface area contributed by atoms with Crippen LogP contribution in [0.25, 0.3) is 0 Å². The number of hydrogen-bond donors (Lipinski definition) is 2. The number of aromatic amines is 1. The van der Waals surface area contributed by atoms with Crippen molar-refractivity contribution in [2.24, 2.45) is 0 Å². The van der Waals surface area contributed by atoms with Gasteiger partial charge in [-0.2, -0.15) is 0 Å². The van der Waals surface area contributed by atoms with Gasteiger partial charge in [0.2, 0.25) is 5.95 Å². The minimum Gasteiger partial charge on any atom is -0.372 e. The average Bonchev–Trinajstić information content (AvgIpc) is 2.78. The van der Waals surface area contributed by atoms with E-state index in [1.54, 1.807) is 0 Å². The molecule has 0 amide bonds. The zero-order chi connectivity index (χ0) is 13.0. The largest absolute Gasteiger partial charge is 0.372 e. The van der Waals surface area contributed by atoms with Crippen LogP contribution in [0.3, 0.4) is 0 Å². The number of anilines is 3. The Hall–Kier alpha value is -1.97. The predicted octanol–water partition coefficient (Wildman–Crippen LogP) is 3.31. The van der Waals surface area contributed by atoms with Gasteiger partial charge in [0.25, 0.3) is 0 Å². The molecule has 1 heterocycles. The van der Waals surface area contributed by atoms with Crippen molar-refractivity contribution in [3.8, 4) is 0 Å².